The molecule has 0 saturated heterocycles. The maximum atomic E-state index is 5.71. The summed E-state index contributed by atoms with van der Waals surface area (Å²) in [6, 6.07) is 0. The summed E-state index contributed by atoms with van der Waals surface area (Å²) in [6.07, 6.45) is 0. The van der Waals surface area contributed by atoms with Crippen LogP contribution in [0.3, 0.4) is 0 Å². The Bertz CT molecular complexity index is 225. The molecule has 0 aliphatic heterocycles. The maximum absolute atomic E-state index is 5.71. The van der Waals surface area contributed by atoms with E-state index in [-0.39, 0.29) is 13.2 Å². The van der Waals surface area contributed by atoms with E-state index in [2.05, 4.69) is 0 Å². The van der Waals surface area contributed by atoms with Crippen molar-refractivity contribution >= 4 is 116 Å². The van der Waals surface area contributed by atoms with E-state index in [1.807, 2.05) is 0 Å². The molecule has 0 radical (unpaired) electrons. The van der Waals surface area contributed by atoms with Crippen LogP contribution in [0.25, 0.3) is 0 Å². The van der Waals surface area contributed by atoms with Gasteiger partial charge in [0.1, 0.15) is 0 Å². The molecule has 1 nitrogen and oxygen atoms in total. The van der Waals surface area contributed by atoms with E-state index in [9.17, 15) is 0 Å². The molecule has 0 aromatic heterocycles. The third-order valence-corrected chi connectivity index (χ3v) is 6.06. The molecule has 0 aliphatic rings. The third-order valence-electron chi connectivity index (χ3n) is 1.40. The lowest BCUT2D eigenvalue weighted by Gasteiger charge is -2.30. The number of hydrogen-bond donors (Lipinski definition) is 0. The minimum absolute atomic E-state index is 0.380. The van der Waals surface area contributed by atoms with Gasteiger partial charge in [-0.05, 0) is 0 Å². The minimum atomic E-state index is -1.96. The third kappa shape index (κ3) is 6.44. The predicted molar refractivity (Wildman–Crippen MR) is 80.3 cm³/mol. The standard InChI is InChI=1S/C6H4Cl10O/c7-3(8,5(11,12)13)1-17-2-4(9,10)6(14,15)16/h1-2H2. The zero-order valence-corrected chi connectivity index (χ0v) is 15.2. The zero-order valence-electron chi connectivity index (χ0n) is 7.60. The van der Waals surface area contributed by atoms with E-state index in [4.69, 9.17) is 121 Å². The molecule has 104 valence electrons. The largest absolute Gasteiger partial charge is 0.375 e. The van der Waals surface area contributed by atoms with Gasteiger partial charge in [0.25, 0.3) is 0 Å². The second-order valence-electron chi connectivity index (χ2n) is 2.90. The van der Waals surface area contributed by atoms with Crippen molar-refractivity contribution < 1.29 is 4.74 Å². The number of alkyl halides is 10. The fourth-order valence-corrected chi connectivity index (χ4v) is 1.11. The predicted octanol–water partition coefficient (Wildman–Crippen LogP) is 6.09. The number of hydrogen-bond acceptors (Lipinski definition) is 1. The summed E-state index contributed by atoms with van der Waals surface area (Å²) in [5, 5.41) is 0. The monoisotopic (exact) mass is 442 g/mol. The molecule has 0 aromatic carbocycles. The lowest BCUT2D eigenvalue weighted by molar-refractivity contribution is 0.121. The van der Waals surface area contributed by atoms with Crippen molar-refractivity contribution in [2.75, 3.05) is 13.2 Å². The summed E-state index contributed by atoms with van der Waals surface area (Å²) in [5.74, 6) is 0. The first kappa shape index (κ1) is 19.9. The van der Waals surface area contributed by atoms with Crippen LogP contribution in [0.1, 0.15) is 0 Å². The summed E-state index contributed by atoms with van der Waals surface area (Å²) in [7, 11) is 0. The van der Waals surface area contributed by atoms with E-state index in [0.717, 1.165) is 0 Å². The summed E-state index contributed by atoms with van der Waals surface area (Å²) >= 11 is 55.9. The highest BCUT2D eigenvalue weighted by Gasteiger charge is 2.49. The van der Waals surface area contributed by atoms with Crippen LogP contribution in [0.4, 0.5) is 0 Å². The van der Waals surface area contributed by atoms with E-state index in [0.29, 0.717) is 0 Å². The second-order valence-corrected chi connectivity index (χ2v) is 10.4. The number of halogens is 10. The fourth-order valence-electron chi connectivity index (χ4n) is 0.471. The Balaban J connectivity index is 4.36. The highest BCUT2D eigenvalue weighted by Crippen LogP contribution is 2.48. The highest BCUT2D eigenvalue weighted by atomic mass is 35.6. The first-order valence-electron chi connectivity index (χ1n) is 3.67. The minimum Gasteiger partial charge on any atom is -0.375 e. The van der Waals surface area contributed by atoms with Crippen molar-refractivity contribution in [3.63, 3.8) is 0 Å². The topological polar surface area (TPSA) is 9.23 Å². The average molecular weight is 447 g/mol. The molecule has 0 aromatic rings. The molecule has 11 heteroatoms. The lowest BCUT2D eigenvalue weighted by Crippen LogP contribution is -2.40. The SMILES string of the molecule is ClC(Cl)(Cl)C(Cl)(Cl)COCC(Cl)(Cl)C(Cl)(Cl)Cl. The molecule has 0 amide bonds. The van der Waals surface area contributed by atoms with Gasteiger partial charge in [-0.2, -0.15) is 0 Å². The van der Waals surface area contributed by atoms with Crippen molar-refractivity contribution in [3.05, 3.63) is 0 Å². The van der Waals surface area contributed by atoms with Gasteiger partial charge >= 0.3 is 0 Å². The Morgan fingerprint density at radius 1 is 0.529 bits per heavy atom. The molecule has 0 N–H and O–H groups in total. The van der Waals surface area contributed by atoms with Crippen LogP contribution < -0.4 is 0 Å². The molecule has 0 unspecified atom stereocenters. The van der Waals surface area contributed by atoms with Crippen molar-refractivity contribution in [3.8, 4) is 0 Å². The van der Waals surface area contributed by atoms with Gasteiger partial charge in [-0.25, -0.2) is 0 Å². The van der Waals surface area contributed by atoms with Gasteiger partial charge < -0.3 is 4.74 Å². The highest BCUT2D eigenvalue weighted by molar-refractivity contribution is 6.76. The fraction of sp³-hybridized carbons (Fsp3) is 1.00. The van der Waals surface area contributed by atoms with Crippen LogP contribution in [0.5, 0.6) is 0 Å². The first-order valence-corrected chi connectivity index (χ1v) is 7.45. The molecule has 0 heterocycles. The molecule has 17 heavy (non-hydrogen) atoms. The average Bonchev–Trinajstić information content (AvgIpc) is 1.98. The van der Waals surface area contributed by atoms with E-state index in [1.165, 1.54) is 0 Å². The smallest absolute Gasteiger partial charge is 0.225 e. The van der Waals surface area contributed by atoms with Gasteiger partial charge in [0, 0.05) is 0 Å². The molecule has 0 fully saturated rings. The number of ether oxygens (including phenoxy) is 1. The van der Waals surface area contributed by atoms with Crippen molar-refractivity contribution in [2.45, 2.75) is 16.3 Å². The summed E-state index contributed by atoms with van der Waals surface area (Å²) in [6.45, 7) is -0.761. The van der Waals surface area contributed by atoms with Crippen LogP contribution in [-0.4, -0.2) is 29.5 Å². The molecule has 0 aliphatic carbocycles. The summed E-state index contributed by atoms with van der Waals surface area (Å²) < 4.78 is -2.53. The first-order chi connectivity index (χ1) is 7.21. The van der Waals surface area contributed by atoms with Gasteiger partial charge in [-0.15, -0.1) is 0 Å². The molecule has 0 saturated carbocycles. The van der Waals surface area contributed by atoms with Gasteiger partial charge in [-0.1, -0.05) is 116 Å². The lowest BCUT2D eigenvalue weighted by atomic mass is 10.4. The van der Waals surface area contributed by atoms with E-state index < -0.39 is 16.3 Å². The van der Waals surface area contributed by atoms with Gasteiger partial charge in [0.2, 0.25) is 7.59 Å². The van der Waals surface area contributed by atoms with Crippen LogP contribution in [0.15, 0.2) is 0 Å². The second kappa shape index (κ2) is 6.75. The van der Waals surface area contributed by atoms with Gasteiger partial charge in [0.05, 0.1) is 13.2 Å². The van der Waals surface area contributed by atoms with Crippen molar-refractivity contribution in [1.82, 2.24) is 0 Å². The normalized spacial score (nSPS) is 15.2. The molecule has 0 spiro atoms. The Morgan fingerprint density at radius 2 is 0.765 bits per heavy atom. The zero-order chi connectivity index (χ0) is 14.1. The van der Waals surface area contributed by atoms with Gasteiger partial charge in [-0.3, -0.25) is 0 Å². The van der Waals surface area contributed by atoms with Crippen LogP contribution in [0, 0.1) is 0 Å². The van der Waals surface area contributed by atoms with Crippen molar-refractivity contribution in [1.29, 1.82) is 0 Å². The summed E-state index contributed by atoms with van der Waals surface area (Å²) in [4.78, 5) is 0. The Kier molecular flexibility index (Phi) is 7.88. The van der Waals surface area contributed by atoms with Crippen molar-refractivity contribution in [2.24, 2.45) is 0 Å². The summed E-state index contributed by atoms with van der Waals surface area (Å²) in [5.41, 5.74) is 0. The van der Waals surface area contributed by atoms with E-state index >= 15 is 0 Å². The van der Waals surface area contributed by atoms with Gasteiger partial charge in [0.15, 0.2) is 8.67 Å². The maximum Gasteiger partial charge on any atom is 0.225 e. The van der Waals surface area contributed by atoms with Crippen LogP contribution >= 0.6 is 116 Å². The van der Waals surface area contributed by atoms with Crippen LogP contribution in [-0.2, 0) is 4.74 Å². The number of rotatable bonds is 4. The van der Waals surface area contributed by atoms with Crippen LogP contribution in [0.2, 0.25) is 0 Å². The molecular formula is C6H4Cl10O. The quantitative estimate of drug-likeness (QED) is 0.475. The molecular weight excluding hydrogens is 443 g/mol. The molecule has 0 atom stereocenters. The molecule has 0 rings (SSSR count). The Morgan fingerprint density at radius 3 is 0.941 bits per heavy atom. The van der Waals surface area contributed by atoms with E-state index in [1.54, 1.807) is 0 Å². The Hall–Kier alpha value is 2.86. The Labute approximate surface area is 149 Å². The molecule has 0 bridgehead atoms.